The smallest absolute Gasteiger partial charge is 0.255 e. The van der Waals surface area contributed by atoms with Gasteiger partial charge in [-0.3, -0.25) is 14.4 Å². The molecule has 0 aliphatic carbocycles. The van der Waals surface area contributed by atoms with Crippen LogP contribution < -0.4 is 10.6 Å². The number of nitrogens with zero attached hydrogens (tertiary/aromatic N) is 1. The molecule has 0 saturated heterocycles. The molecule has 0 spiro atoms. The van der Waals surface area contributed by atoms with Gasteiger partial charge in [-0.15, -0.1) is 0 Å². The Kier molecular flexibility index (Phi) is 6.93. The van der Waals surface area contributed by atoms with E-state index in [4.69, 9.17) is 0 Å². The second kappa shape index (κ2) is 9.17. The van der Waals surface area contributed by atoms with Gasteiger partial charge in [-0.1, -0.05) is 0 Å². The molecule has 2 N–H and O–H groups in total. The Labute approximate surface area is 165 Å². The van der Waals surface area contributed by atoms with Crippen LogP contribution in [0.2, 0.25) is 0 Å². The average molecular weight is 381 g/mol. The van der Waals surface area contributed by atoms with Crippen molar-refractivity contribution in [3.8, 4) is 0 Å². The molecule has 0 aliphatic heterocycles. The first-order valence-electron chi connectivity index (χ1n) is 9.30. The minimum absolute atomic E-state index is 0.0504. The van der Waals surface area contributed by atoms with E-state index in [0.29, 0.717) is 22.5 Å². The average Bonchev–Trinajstić information content (AvgIpc) is 2.62. The summed E-state index contributed by atoms with van der Waals surface area (Å²) < 4.78 is 0. The van der Waals surface area contributed by atoms with Crippen LogP contribution in [0.5, 0.6) is 0 Å². The second-order valence-corrected chi connectivity index (χ2v) is 7.19. The number of amides is 3. The molecule has 6 heteroatoms. The Morgan fingerprint density at radius 2 is 1.14 bits per heavy atom. The molecule has 3 amide bonds. The highest BCUT2D eigenvalue weighted by molar-refractivity contribution is 6.05. The largest absolute Gasteiger partial charge is 0.334 e. The van der Waals surface area contributed by atoms with Crippen LogP contribution >= 0.6 is 0 Å². The van der Waals surface area contributed by atoms with Crippen LogP contribution in [0.15, 0.2) is 48.5 Å². The highest BCUT2D eigenvalue weighted by Crippen LogP contribution is 2.16. The predicted octanol–water partition coefficient (Wildman–Crippen LogP) is 4.16. The van der Waals surface area contributed by atoms with Gasteiger partial charge in [0, 0.05) is 41.5 Å². The fourth-order valence-electron chi connectivity index (χ4n) is 3.02. The van der Waals surface area contributed by atoms with Crippen molar-refractivity contribution < 1.29 is 14.4 Å². The monoisotopic (exact) mass is 381 g/mol. The van der Waals surface area contributed by atoms with Gasteiger partial charge in [0.25, 0.3) is 11.8 Å². The summed E-state index contributed by atoms with van der Waals surface area (Å²) in [6.07, 6.45) is 0. The Morgan fingerprint density at radius 1 is 0.714 bits per heavy atom. The van der Waals surface area contributed by atoms with Gasteiger partial charge in [0.05, 0.1) is 0 Å². The van der Waals surface area contributed by atoms with E-state index in [9.17, 15) is 14.4 Å². The zero-order chi connectivity index (χ0) is 20.8. The Hall–Kier alpha value is -3.15. The SMILES string of the molecule is CC(=O)Nc1ccc(NC(=O)c2ccc(C(=O)N(C(C)C)C(C)C)cc2)cc1. The van der Waals surface area contributed by atoms with Gasteiger partial charge in [-0.05, 0) is 76.2 Å². The van der Waals surface area contributed by atoms with Crippen LogP contribution in [0.3, 0.4) is 0 Å². The van der Waals surface area contributed by atoms with Gasteiger partial charge < -0.3 is 15.5 Å². The third kappa shape index (κ3) is 5.42. The molecule has 0 aliphatic rings. The molecule has 0 fully saturated rings. The molecule has 0 heterocycles. The van der Waals surface area contributed by atoms with Gasteiger partial charge in [0.2, 0.25) is 5.91 Å². The van der Waals surface area contributed by atoms with E-state index in [1.807, 2.05) is 32.6 Å². The highest BCUT2D eigenvalue weighted by Gasteiger charge is 2.21. The van der Waals surface area contributed by atoms with E-state index < -0.39 is 0 Å². The number of hydrogen-bond acceptors (Lipinski definition) is 3. The number of hydrogen-bond donors (Lipinski definition) is 2. The van der Waals surface area contributed by atoms with Crippen LogP contribution in [-0.2, 0) is 4.79 Å². The normalized spacial score (nSPS) is 10.7. The van der Waals surface area contributed by atoms with E-state index >= 15 is 0 Å². The van der Waals surface area contributed by atoms with Crippen molar-refractivity contribution >= 4 is 29.1 Å². The summed E-state index contributed by atoms with van der Waals surface area (Å²) in [6.45, 7) is 9.37. The maximum atomic E-state index is 12.7. The van der Waals surface area contributed by atoms with Crippen molar-refractivity contribution in [2.75, 3.05) is 10.6 Å². The van der Waals surface area contributed by atoms with E-state index in [1.165, 1.54) is 6.92 Å². The first-order valence-corrected chi connectivity index (χ1v) is 9.30. The summed E-state index contributed by atoms with van der Waals surface area (Å²) in [5, 5.41) is 5.47. The van der Waals surface area contributed by atoms with Crippen LogP contribution in [-0.4, -0.2) is 34.7 Å². The van der Waals surface area contributed by atoms with Crippen molar-refractivity contribution in [1.82, 2.24) is 4.90 Å². The molecule has 6 nitrogen and oxygen atoms in total. The molecule has 148 valence electrons. The molecule has 0 saturated carbocycles. The van der Waals surface area contributed by atoms with E-state index in [-0.39, 0.29) is 29.8 Å². The standard InChI is InChI=1S/C22H27N3O3/c1-14(2)25(15(3)4)22(28)18-8-6-17(7-9-18)21(27)24-20-12-10-19(11-13-20)23-16(5)26/h6-15H,1-5H3,(H,23,26)(H,24,27). The molecule has 0 aromatic heterocycles. The fourth-order valence-corrected chi connectivity index (χ4v) is 3.02. The topological polar surface area (TPSA) is 78.5 Å². The zero-order valence-corrected chi connectivity index (χ0v) is 16.9. The highest BCUT2D eigenvalue weighted by atomic mass is 16.2. The molecule has 2 rings (SSSR count). The lowest BCUT2D eigenvalue weighted by Crippen LogP contribution is -2.42. The van der Waals surface area contributed by atoms with Gasteiger partial charge in [0.15, 0.2) is 0 Å². The number of anilines is 2. The lowest BCUT2D eigenvalue weighted by Gasteiger charge is -2.30. The van der Waals surface area contributed by atoms with Crippen LogP contribution in [0.25, 0.3) is 0 Å². The Bertz CT molecular complexity index is 832. The summed E-state index contributed by atoms with van der Waals surface area (Å²) >= 11 is 0. The summed E-state index contributed by atoms with van der Waals surface area (Å²) in [4.78, 5) is 38.0. The van der Waals surface area contributed by atoms with Crippen molar-refractivity contribution in [3.05, 3.63) is 59.7 Å². The molecular weight excluding hydrogens is 354 g/mol. The van der Waals surface area contributed by atoms with E-state index in [0.717, 1.165) is 0 Å². The van der Waals surface area contributed by atoms with Crippen molar-refractivity contribution in [2.45, 2.75) is 46.7 Å². The molecule has 0 unspecified atom stereocenters. The number of rotatable bonds is 6. The molecule has 28 heavy (non-hydrogen) atoms. The van der Waals surface area contributed by atoms with Gasteiger partial charge in [-0.2, -0.15) is 0 Å². The molecule has 2 aromatic carbocycles. The summed E-state index contributed by atoms with van der Waals surface area (Å²) in [7, 11) is 0. The van der Waals surface area contributed by atoms with Crippen LogP contribution in [0, 0.1) is 0 Å². The van der Waals surface area contributed by atoms with E-state index in [2.05, 4.69) is 10.6 Å². The first kappa shape index (κ1) is 21.2. The number of benzene rings is 2. The molecule has 0 radical (unpaired) electrons. The summed E-state index contributed by atoms with van der Waals surface area (Å²) in [5.41, 5.74) is 2.29. The first-order chi connectivity index (χ1) is 13.2. The molecule has 2 aromatic rings. The quantitative estimate of drug-likeness (QED) is 0.789. The molecular formula is C22H27N3O3. The van der Waals surface area contributed by atoms with Crippen LogP contribution in [0.4, 0.5) is 11.4 Å². The number of carbonyl (C=O) groups is 3. The van der Waals surface area contributed by atoms with Crippen molar-refractivity contribution in [1.29, 1.82) is 0 Å². The molecule has 0 bridgehead atoms. The summed E-state index contributed by atoms with van der Waals surface area (Å²) in [6, 6.07) is 13.7. The number of nitrogens with one attached hydrogen (secondary N) is 2. The van der Waals surface area contributed by atoms with Crippen molar-refractivity contribution in [3.63, 3.8) is 0 Å². The molecule has 0 atom stereocenters. The fraction of sp³-hybridized carbons (Fsp3) is 0.318. The lowest BCUT2D eigenvalue weighted by molar-refractivity contribution is -0.114. The maximum absolute atomic E-state index is 12.7. The minimum Gasteiger partial charge on any atom is -0.334 e. The van der Waals surface area contributed by atoms with Crippen molar-refractivity contribution in [2.24, 2.45) is 0 Å². The third-order valence-corrected chi connectivity index (χ3v) is 4.20. The lowest BCUT2D eigenvalue weighted by atomic mass is 10.1. The number of carbonyl (C=O) groups excluding carboxylic acids is 3. The van der Waals surface area contributed by atoms with Gasteiger partial charge in [-0.25, -0.2) is 0 Å². The van der Waals surface area contributed by atoms with Crippen LogP contribution in [0.1, 0.15) is 55.3 Å². The minimum atomic E-state index is -0.268. The van der Waals surface area contributed by atoms with E-state index in [1.54, 1.807) is 48.5 Å². The zero-order valence-electron chi connectivity index (χ0n) is 16.9. The predicted molar refractivity (Wildman–Crippen MR) is 112 cm³/mol. The maximum Gasteiger partial charge on any atom is 0.255 e. The van der Waals surface area contributed by atoms with Gasteiger partial charge in [0.1, 0.15) is 0 Å². The summed E-state index contributed by atoms with van der Waals surface area (Å²) in [5.74, 6) is -0.471. The Balaban J connectivity index is 2.07. The third-order valence-electron chi connectivity index (χ3n) is 4.20. The Morgan fingerprint density at radius 3 is 1.57 bits per heavy atom. The van der Waals surface area contributed by atoms with Gasteiger partial charge >= 0.3 is 0 Å². The second-order valence-electron chi connectivity index (χ2n) is 7.19.